The fraction of sp³-hybridized carbons (Fsp3) is 0.840. The third-order valence-electron chi connectivity index (χ3n) is 9.57. The van der Waals surface area contributed by atoms with Crippen molar-refractivity contribution >= 4 is 0 Å². The summed E-state index contributed by atoms with van der Waals surface area (Å²) in [4.78, 5) is 2.65. The molecule has 0 aromatic carbocycles. The first kappa shape index (κ1) is 19.2. The zero-order valence-corrected chi connectivity index (χ0v) is 18.5. The normalized spacial score (nSPS) is 44.9. The van der Waals surface area contributed by atoms with Crippen molar-refractivity contribution in [1.82, 2.24) is 4.90 Å². The summed E-state index contributed by atoms with van der Waals surface area (Å²) in [6, 6.07) is 0. The lowest BCUT2D eigenvalue weighted by Gasteiger charge is -2.64. The van der Waals surface area contributed by atoms with Crippen LogP contribution in [0.5, 0.6) is 0 Å². The molecule has 0 bridgehead atoms. The van der Waals surface area contributed by atoms with E-state index in [1.54, 1.807) is 11.3 Å². The number of hydrogen-bond donors (Lipinski definition) is 0. The van der Waals surface area contributed by atoms with Crippen LogP contribution in [0.2, 0.25) is 0 Å². The molecule has 3 heteroatoms. The third-order valence-corrected chi connectivity index (χ3v) is 9.57. The van der Waals surface area contributed by atoms with Gasteiger partial charge in [0.1, 0.15) is 0 Å². The summed E-state index contributed by atoms with van der Waals surface area (Å²) in [5.41, 5.74) is 3.92. The first-order chi connectivity index (χ1) is 13.4. The van der Waals surface area contributed by atoms with Crippen molar-refractivity contribution in [2.45, 2.75) is 84.8 Å². The van der Waals surface area contributed by atoms with Crippen LogP contribution in [0.3, 0.4) is 0 Å². The smallest absolute Gasteiger partial charge is 0.174 e. The Kier molecular flexibility index (Phi) is 4.35. The molecule has 2 saturated carbocycles. The van der Waals surface area contributed by atoms with E-state index >= 15 is 0 Å². The fourth-order valence-electron chi connectivity index (χ4n) is 7.96. The van der Waals surface area contributed by atoms with Crippen LogP contribution in [0, 0.1) is 22.2 Å². The van der Waals surface area contributed by atoms with Crippen LogP contribution in [0.15, 0.2) is 23.4 Å². The minimum Gasteiger partial charge on any atom is -0.375 e. The fourth-order valence-corrected chi connectivity index (χ4v) is 7.96. The molecule has 156 valence electrons. The van der Waals surface area contributed by atoms with Crippen molar-refractivity contribution in [1.29, 1.82) is 0 Å². The second-order valence-corrected chi connectivity index (χ2v) is 10.8. The van der Waals surface area contributed by atoms with E-state index in [1.165, 1.54) is 45.2 Å². The summed E-state index contributed by atoms with van der Waals surface area (Å²) < 4.78 is 12.7. The van der Waals surface area contributed by atoms with Crippen LogP contribution >= 0.6 is 0 Å². The van der Waals surface area contributed by atoms with Crippen LogP contribution in [-0.4, -0.2) is 37.0 Å². The molecule has 1 spiro atoms. The Balaban J connectivity index is 1.50. The SMILES string of the molecule is CC[C@@]1(C)C2CCC3(C)C=C(N4CCCC4)CC=C3[C@@]2(C)CCC12OCCO2. The molecular weight excluding hydrogens is 346 g/mol. The minimum atomic E-state index is -0.342. The van der Waals surface area contributed by atoms with Gasteiger partial charge in [-0.25, -0.2) is 0 Å². The standard InChI is InChI=1S/C25H39NO2/c1-5-24(4)21-10-11-22(2)18-19(26-14-6-7-15-26)8-9-20(22)23(21,3)12-13-25(24)27-16-17-28-25/h9,18,21H,5-8,10-17H2,1-4H3/t21?,22?,23-,24+/m1/s1. The molecule has 4 atom stereocenters. The lowest BCUT2D eigenvalue weighted by molar-refractivity contribution is -0.291. The average molecular weight is 386 g/mol. The number of likely N-dealkylation sites (tertiary alicyclic amines) is 1. The summed E-state index contributed by atoms with van der Waals surface area (Å²) in [7, 11) is 0. The van der Waals surface area contributed by atoms with Gasteiger partial charge in [0, 0.05) is 42.5 Å². The van der Waals surface area contributed by atoms with Crippen molar-refractivity contribution in [3.05, 3.63) is 23.4 Å². The van der Waals surface area contributed by atoms with Crippen LogP contribution in [0.25, 0.3) is 0 Å². The van der Waals surface area contributed by atoms with E-state index in [2.05, 4.69) is 44.7 Å². The molecule has 3 aliphatic carbocycles. The summed E-state index contributed by atoms with van der Waals surface area (Å²) >= 11 is 0. The van der Waals surface area contributed by atoms with Gasteiger partial charge in [-0.2, -0.15) is 0 Å². The zero-order valence-electron chi connectivity index (χ0n) is 18.5. The van der Waals surface area contributed by atoms with E-state index in [9.17, 15) is 0 Å². The number of fused-ring (bicyclic) bond motifs is 3. The van der Waals surface area contributed by atoms with Gasteiger partial charge in [0.2, 0.25) is 0 Å². The topological polar surface area (TPSA) is 21.7 Å². The Morgan fingerprint density at radius 2 is 1.75 bits per heavy atom. The van der Waals surface area contributed by atoms with Gasteiger partial charge in [-0.1, -0.05) is 45.4 Å². The molecule has 0 aromatic rings. The highest BCUT2D eigenvalue weighted by atomic mass is 16.7. The molecular formula is C25H39NO2. The molecule has 0 N–H and O–H groups in total. The molecule has 5 rings (SSSR count). The molecule has 2 unspecified atom stereocenters. The molecule has 0 radical (unpaired) electrons. The van der Waals surface area contributed by atoms with E-state index in [0.29, 0.717) is 5.92 Å². The predicted octanol–water partition coefficient (Wildman–Crippen LogP) is 5.67. The minimum absolute atomic E-state index is 0.0949. The van der Waals surface area contributed by atoms with Crippen LogP contribution in [-0.2, 0) is 9.47 Å². The zero-order chi connectivity index (χ0) is 19.6. The summed E-state index contributed by atoms with van der Waals surface area (Å²) in [6.07, 6.45) is 15.1. The van der Waals surface area contributed by atoms with Crippen LogP contribution in [0.1, 0.15) is 79.1 Å². The molecule has 5 aliphatic rings. The van der Waals surface area contributed by atoms with Gasteiger partial charge in [-0.15, -0.1) is 0 Å². The van der Waals surface area contributed by atoms with E-state index in [4.69, 9.17) is 9.47 Å². The van der Waals surface area contributed by atoms with Crippen molar-refractivity contribution in [2.75, 3.05) is 26.3 Å². The van der Waals surface area contributed by atoms with Gasteiger partial charge < -0.3 is 14.4 Å². The number of nitrogens with zero attached hydrogens (tertiary/aromatic N) is 1. The Bertz CT molecular complexity index is 699. The van der Waals surface area contributed by atoms with E-state index in [1.807, 2.05) is 0 Å². The van der Waals surface area contributed by atoms with Gasteiger partial charge >= 0.3 is 0 Å². The number of allylic oxidation sites excluding steroid dienone is 3. The second-order valence-electron chi connectivity index (χ2n) is 10.8. The van der Waals surface area contributed by atoms with Gasteiger partial charge in [-0.05, 0) is 49.9 Å². The highest BCUT2D eigenvalue weighted by Crippen LogP contribution is 2.69. The summed E-state index contributed by atoms with van der Waals surface area (Å²) in [6.45, 7) is 14.0. The number of hydrogen-bond acceptors (Lipinski definition) is 3. The Hall–Kier alpha value is -0.800. The van der Waals surface area contributed by atoms with E-state index in [0.717, 1.165) is 32.5 Å². The van der Waals surface area contributed by atoms with Crippen molar-refractivity contribution < 1.29 is 9.47 Å². The molecule has 3 nitrogen and oxygen atoms in total. The molecule has 2 saturated heterocycles. The van der Waals surface area contributed by atoms with Crippen LogP contribution in [0.4, 0.5) is 0 Å². The largest absolute Gasteiger partial charge is 0.375 e. The molecule has 0 amide bonds. The molecule has 2 aliphatic heterocycles. The van der Waals surface area contributed by atoms with Crippen molar-refractivity contribution in [3.8, 4) is 0 Å². The highest BCUT2D eigenvalue weighted by Gasteiger charge is 2.66. The summed E-state index contributed by atoms with van der Waals surface area (Å²) in [5, 5.41) is 0. The van der Waals surface area contributed by atoms with Crippen molar-refractivity contribution in [2.24, 2.45) is 22.2 Å². The maximum Gasteiger partial charge on any atom is 0.174 e. The highest BCUT2D eigenvalue weighted by molar-refractivity contribution is 5.39. The predicted molar refractivity (Wildman–Crippen MR) is 113 cm³/mol. The van der Waals surface area contributed by atoms with Crippen LogP contribution < -0.4 is 0 Å². The van der Waals surface area contributed by atoms with Gasteiger partial charge in [-0.3, -0.25) is 0 Å². The maximum absolute atomic E-state index is 6.37. The number of rotatable bonds is 2. The maximum atomic E-state index is 6.37. The van der Waals surface area contributed by atoms with Gasteiger partial charge in [0.05, 0.1) is 13.2 Å². The Morgan fingerprint density at radius 1 is 1.04 bits per heavy atom. The third kappa shape index (κ3) is 2.41. The second kappa shape index (κ2) is 6.35. The first-order valence-corrected chi connectivity index (χ1v) is 11.8. The quantitative estimate of drug-likeness (QED) is 0.572. The molecule has 2 heterocycles. The van der Waals surface area contributed by atoms with Crippen molar-refractivity contribution in [3.63, 3.8) is 0 Å². The molecule has 28 heavy (non-hydrogen) atoms. The molecule has 4 fully saturated rings. The Labute approximate surface area is 171 Å². The number of ether oxygens (including phenoxy) is 2. The lowest BCUT2D eigenvalue weighted by Crippen LogP contribution is -2.62. The molecule has 0 aromatic heterocycles. The van der Waals surface area contributed by atoms with Gasteiger partial charge in [0.25, 0.3) is 0 Å². The van der Waals surface area contributed by atoms with E-state index < -0.39 is 0 Å². The monoisotopic (exact) mass is 385 g/mol. The van der Waals surface area contributed by atoms with E-state index in [-0.39, 0.29) is 22.0 Å². The first-order valence-electron chi connectivity index (χ1n) is 11.8. The lowest BCUT2D eigenvalue weighted by atomic mass is 9.43. The average Bonchev–Trinajstić information content (AvgIpc) is 3.37. The Morgan fingerprint density at radius 3 is 2.43 bits per heavy atom. The van der Waals surface area contributed by atoms with Gasteiger partial charge in [0.15, 0.2) is 5.79 Å². The summed E-state index contributed by atoms with van der Waals surface area (Å²) in [5.74, 6) is 0.295.